The van der Waals surface area contributed by atoms with Crippen molar-refractivity contribution in [3.8, 4) is 5.69 Å². The first-order chi connectivity index (χ1) is 12.9. The molecule has 0 aliphatic heterocycles. The number of fused-ring (bicyclic) bond motifs is 7. The van der Waals surface area contributed by atoms with Crippen molar-refractivity contribution in [3.05, 3.63) is 78.0 Å². The van der Waals surface area contributed by atoms with E-state index in [0.717, 1.165) is 0 Å². The summed E-state index contributed by atoms with van der Waals surface area (Å²) in [6.45, 7) is 0. The number of rotatable bonds is 1. The molecule has 0 atom stereocenters. The molecule has 2 heterocycles. The SMILES string of the molecule is c1ccc(-n2c3c(c4c5c(ccc42)sc2ccccc25)CCCC3)cc1. The predicted octanol–water partition coefficient (Wildman–Crippen LogP) is 6.88. The topological polar surface area (TPSA) is 4.93 Å². The van der Waals surface area contributed by atoms with Crippen LogP contribution in [0.25, 0.3) is 36.8 Å². The quantitative estimate of drug-likeness (QED) is 0.310. The number of benzene rings is 3. The largest absolute Gasteiger partial charge is 0.313 e. The van der Waals surface area contributed by atoms with Crippen LogP contribution in [0.15, 0.2) is 66.7 Å². The second-order valence-corrected chi connectivity index (χ2v) is 8.32. The van der Waals surface area contributed by atoms with Crippen molar-refractivity contribution in [3.63, 3.8) is 0 Å². The van der Waals surface area contributed by atoms with Crippen molar-refractivity contribution in [1.29, 1.82) is 0 Å². The fraction of sp³-hybridized carbons (Fsp3) is 0.167. The minimum atomic E-state index is 1.18. The van der Waals surface area contributed by atoms with Gasteiger partial charge in [-0.25, -0.2) is 0 Å². The van der Waals surface area contributed by atoms with E-state index < -0.39 is 0 Å². The van der Waals surface area contributed by atoms with Gasteiger partial charge in [0.05, 0.1) is 5.52 Å². The van der Waals surface area contributed by atoms with E-state index in [1.165, 1.54) is 68.1 Å². The normalized spacial score (nSPS) is 14.3. The lowest BCUT2D eigenvalue weighted by Crippen LogP contribution is -2.06. The molecule has 2 aromatic heterocycles. The van der Waals surface area contributed by atoms with Crippen LogP contribution in [-0.4, -0.2) is 4.57 Å². The first-order valence-electron chi connectivity index (χ1n) is 9.43. The van der Waals surface area contributed by atoms with Crippen molar-refractivity contribution in [2.45, 2.75) is 25.7 Å². The Morgan fingerprint density at radius 2 is 1.50 bits per heavy atom. The molecule has 0 bridgehead atoms. The Hall–Kier alpha value is -2.58. The minimum Gasteiger partial charge on any atom is -0.313 e. The third-order valence-electron chi connectivity index (χ3n) is 5.79. The molecule has 0 spiro atoms. The van der Waals surface area contributed by atoms with E-state index in [0.29, 0.717) is 0 Å². The molecule has 0 saturated heterocycles. The molecule has 0 amide bonds. The summed E-state index contributed by atoms with van der Waals surface area (Å²) in [6, 6.07) is 24.4. The fourth-order valence-corrected chi connectivity index (χ4v) is 5.83. The molecule has 6 rings (SSSR count). The van der Waals surface area contributed by atoms with Gasteiger partial charge in [0.1, 0.15) is 0 Å². The molecule has 0 radical (unpaired) electrons. The molecule has 2 heteroatoms. The highest BCUT2D eigenvalue weighted by Gasteiger charge is 2.23. The molecule has 1 nitrogen and oxygen atoms in total. The van der Waals surface area contributed by atoms with Gasteiger partial charge in [0, 0.05) is 36.9 Å². The predicted molar refractivity (Wildman–Crippen MR) is 113 cm³/mol. The lowest BCUT2D eigenvalue weighted by atomic mass is 9.94. The zero-order valence-corrected chi connectivity index (χ0v) is 15.4. The Balaban J connectivity index is 1.84. The van der Waals surface area contributed by atoms with Gasteiger partial charge in [0.25, 0.3) is 0 Å². The maximum atomic E-state index is 2.52. The maximum absolute atomic E-state index is 2.52. The van der Waals surface area contributed by atoms with Gasteiger partial charge in [0.15, 0.2) is 0 Å². The second-order valence-electron chi connectivity index (χ2n) is 7.23. The first-order valence-corrected chi connectivity index (χ1v) is 10.3. The molecule has 0 unspecified atom stereocenters. The smallest absolute Gasteiger partial charge is 0.0541 e. The summed E-state index contributed by atoms with van der Waals surface area (Å²) in [7, 11) is 0. The summed E-state index contributed by atoms with van der Waals surface area (Å²) in [5.41, 5.74) is 5.78. The number of aryl methyl sites for hydroxylation is 1. The number of thiophene rings is 1. The summed E-state index contributed by atoms with van der Waals surface area (Å²) in [6.07, 6.45) is 4.99. The fourth-order valence-electron chi connectivity index (χ4n) is 4.72. The first kappa shape index (κ1) is 14.6. The number of hydrogen-bond donors (Lipinski definition) is 0. The molecule has 26 heavy (non-hydrogen) atoms. The molecule has 1 aliphatic rings. The summed E-state index contributed by atoms with van der Waals surface area (Å²) >= 11 is 1.92. The van der Waals surface area contributed by atoms with E-state index in [2.05, 4.69) is 71.3 Å². The highest BCUT2D eigenvalue weighted by Crippen LogP contribution is 2.43. The van der Waals surface area contributed by atoms with E-state index in [1.807, 2.05) is 11.3 Å². The Morgan fingerprint density at radius 1 is 0.692 bits per heavy atom. The lowest BCUT2D eigenvalue weighted by Gasteiger charge is -2.16. The number of aromatic nitrogens is 1. The van der Waals surface area contributed by atoms with Gasteiger partial charge >= 0.3 is 0 Å². The van der Waals surface area contributed by atoms with Crippen molar-refractivity contribution in [2.24, 2.45) is 0 Å². The lowest BCUT2D eigenvalue weighted by molar-refractivity contribution is 0.667. The number of nitrogens with zero attached hydrogens (tertiary/aromatic N) is 1. The van der Waals surface area contributed by atoms with E-state index in [-0.39, 0.29) is 0 Å². The van der Waals surface area contributed by atoms with E-state index in [1.54, 1.807) is 5.56 Å². The van der Waals surface area contributed by atoms with Gasteiger partial charge in [-0.1, -0.05) is 36.4 Å². The monoisotopic (exact) mass is 353 g/mol. The molecule has 1 aliphatic carbocycles. The van der Waals surface area contributed by atoms with Crippen molar-refractivity contribution in [2.75, 3.05) is 0 Å². The van der Waals surface area contributed by atoms with E-state index in [9.17, 15) is 0 Å². The average Bonchev–Trinajstić information content (AvgIpc) is 3.24. The van der Waals surface area contributed by atoms with E-state index in [4.69, 9.17) is 0 Å². The molecule has 0 N–H and O–H groups in total. The van der Waals surface area contributed by atoms with Crippen molar-refractivity contribution in [1.82, 2.24) is 4.57 Å². The number of hydrogen-bond acceptors (Lipinski definition) is 1. The Kier molecular flexibility index (Phi) is 3.06. The van der Waals surface area contributed by atoms with Crippen LogP contribution in [0.5, 0.6) is 0 Å². The maximum Gasteiger partial charge on any atom is 0.0541 e. The van der Waals surface area contributed by atoms with Crippen LogP contribution in [0.2, 0.25) is 0 Å². The summed E-state index contributed by atoms with van der Waals surface area (Å²) in [4.78, 5) is 0. The average molecular weight is 353 g/mol. The minimum absolute atomic E-state index is 1.18. The van der Waals surface area contributed by atoms with Gasteiger partial charge < -0.3 is 4.57 Å². The van der Waals surface area contributed by atoms with Crippen molar-refractivity contribution >= 4 is 42.4 Å². The Morgan fingerprint density at radius 3 is 2.42 bits per heavy atom. The van der Waals surface area contributed by atoms with Gasteiger partial charge in [0.2, 0.25) is 0 Å². The van der Waals surface area contributed by atoms with Crippen molar-refractivity contribution < 1.29 is 0 Å². The summed E-state index contributed by atoms with van der Waals surface area (Å²) in [5.74, 6) is 0. The van der Waals surface area contributed by atoms with Crippen LogP contribution in [-0.2, 0) is 12.8 Å². The molecule has 126 valence electrons. The van der Waals surface area contributed by atoms with Crippen LogP contribution < -0.4 is 0 Å². The third kappa shape index (κ3) is 1.91. The molecular weight excluding hydrogens is 334 g/mol. The van der Waals surface area contributed by atoms with Gasteiger partial charge in [-0.2, -0.15) is 0 Å². The zero-order valence-electron chi connectivity index (χ0n) is 14.5. The molecular formula is C24H19NS. The Labute approximate surface area is 156 Å². The molecule has 3 aromatic carbocycles. The summed E-state index contributed by atoms with van der Waals surface area (Å²) in [5, 5.41) is 4.38. The van der Waals surface area contributed by atoms with Gasteiger partial charge in [-0.15, -0.1) is 11.3 Å². The van der Waals surface area contributed by atoms with Gasteiger partial charge in [-0.3, -0.25) is 0 Å². The second kappa shape index (κ2) is 5.46. The number of para-hydroxylation sites is 1. The highest BCUT2D eigenvalue weighted by molar-refractivity contribution is 7.26. The van der Waals surface area contributed by atoms with Gasteiger partial charge in [-0.05, 0) is 61.6 Å². The summed E-state index contributed by atoms with van der Waals surface area (Å²) < 4.78 is 5.33. The van der Waals surface area contributed by atoms with Crippen LogP contribution in [0.4, 0.5) is 0 Å². The Bertz CT molecular complexity index is 1270. The van der Waals surface area contributed by atoms with Crippen LogP contribution in [0.3, 0.4) is 0 Å². The van der Waals surface area contributed by atoms with Crippen LogP contribution in [0.1, 0.15) is 24.1 Å². The standard InChI is InChI=1S/C24H19NS/c1-2-8-16(9-3-1)25-19-12-6-4-10-17(19)23-20(25)14-15-22-24(23)18-11-5-7-13-21(18)26-22/h1-3,5,7-9,11,13-15H,4,6,10,12H2. The van der Waals surface area contributed by atoms with Crippen LogP contribution in [0, 0.1) is 0 Å². The molecule has 5 aromatic rings. The van der Waals surface area contributed by atoms with Crippen LogP contribution >= 0.6 is 11.3 Å². The third-order valence-corrected chi connectivity index (χ3v) is 6.92. The molecule has 0 saturated carbocycles. The van der Waals surface area contributed by atoms with E-state index >= 15 is 0 Å². The highest BCUT2D eigenvalue weighted by atomic mass is 32.1. The zero-order chi connectivity index (χ0) is 17.1. The molecule has 0 fully saturated rings.